The van der Waals surface area contributed by atoms with Gasteiger partial charge in [0.25, 0.3) is 0 Å². The van der Waals surface area contributed by atoms with Crippen molar-refractivity contribution in [1.29, 1.82) is 0 Å². The molecule has 10 nitrogen and oxygen atoms in total. The van der Waals surface area contributed by atoms with Gasteiger partial charge in [-0.25, -0.2) is 9.59 Å². The zero-order chi connectivity index (χ0) is 31.2. The molecule has 0 aromatic heterocycles. The lowest BCUT2D eigenvalue weighted by molar-refractivity contribution is -0.238. The number of nitrogens with zero attached hydrogens (tertiary/aromatic N) is 2. The van der Waals surface area contributed by atoms with Crippen LogP contribution in [0.25, 0.3) is 0 Å². The zero-order valence-electron chi connectivity index (χ0n) is 24.8. The van der Waals surface area contributed by atoms with Crippen LogP contribution in [0.5, 0.6) is 11.5 Å². The molecule has 0 fully saturated rings. The maximum absolute atomic E-state index is 13.6. The minimum Gasteiger partial charge on any atom is -0.423 e. The Balaban J connectivity index is 1.41. The van der Waals surface area contributed by atoms with Crippen LogP contribution in [0.1, 0.15) is 87.2 Å². The minimum absolute atomic E-state index is 0.0232. The molecule has 2 radical (unpaired) electrons. The molecule has 2 aromatic carbocycles. The van der Waals surface area contributed by atoms with Gasteiger partial charge in [-0.05, 0) is 104 Å². The second kappa shape index (κ2) is 9.27. The Labute approximate surface area is 243 Å². The molecule has 0 saturated heterocycles. The third-order valence-corrected chi connectivity index (χ3v) is 8.20. The lowest BCUT2D eigenvalue weighted by Crippen LogP contribution is -2.47. The Morgan fingerprint density at radius 2 is 0.905 bits per heavy atom. The topological polar surface area (TPSA) is 133 Å². The molecule has 0 atom stereocenters. The largest absolute Gasteiger partial charge is 0.423 e. The fraction of sp³-hybridized carbons (Fsp3) is 0.375. The first-order valence-corrected chi connectivity index (χ1v) is 13.5. The number of hydrogen-bond acceptors (Lipinski definition) is 8. The van der Waals surface area contributed by atoms with Gasteiger partial charge < -0.3 is 9.47 Å². The number of ether oxygens (including phenoxy) is 2. The van der Waals surface area contributed by atoms with Crippen molar-refractivity contribution in [3.8, 4) is 11.5 Å². The standard InChI is InChI=1S/C32H32N2O8/c1-29(2)15-23(31(5,6)33(29)39)27(37)41-17-9-11-19-21(13-17)26(36)22-14-18(10-12-20(22)25(19)35)42-28(38)24-16-30(3,4)34(40)32(24,7)8/h9-16H,1-8H3. The molecule has 2 aliphatic heterocycles. The predicted molar refractivity (Wildman–Crippen MR) is 149 cm³/mol. The number of rotatable bonds is 4. The van der Waals surface area contributed by atoms with Crippen LogP contribution in [0.2, 0.25) is 0 Å². The molecule has 218 valence electrons. The Morgan fingerprint density at radius 1 is 0.571 bits per heavy atom. The molecule has 2 aromatic rings. The average Bonchev–Trinajstić information content (AvgIpc) is 3.19. The van der Waals surface area contributed by atoms with E-state index in [-0.39, 0.29) is 44.9 Å². The smallest absolute Gasteiger partial charge is 0.341 e. The van der Waals surface area contributed by atoms with E-state index in [2.05, 4.69) is 0 Å². The highest BCUT2D eigenvalue weighted by Crippen LogP contribution is 2.41. The fourth-order valence-electron chi connectivity index (χ4n) is 6.01. The summed E-state index contributed by atoms with van der Waals surface area (Å²) in [5.74, 6) is -2.34. The van der Waals surface area contributed by atoms with Crippen LogP contribution in [-0.2, 0) is 20.0 Å². The van der Waals surface area contributed by atoms with Crippen LogP contribution < -0.4 is 9.47 Å². The number of ketones is 2. The lowest BCUT2D eigenvalue weighted by Gasteiger charge is -2.33. The first kappa shape index (κ1) is 29.5. The number of carbonyl (C=O) groups is 4. The quantitative estimate of drug-likeness (QED) is 0.328. The normalized spacial score (nSPS) is 21.8. The summed E-state index contributed by atoms with van der Waals surface area (Å²) in [5.41, 5.74) is -3.37. The van der Waals surface area contributed by atoms with Gasteiger partial charge in [-0.15, -0.1) is 20.5 Å². The molecule has 0 spiro atoms. The summed E-state index contributed by atoms with van der Waals surface area (Å²) < 4.78 is 11.1. The van der Waals surface area contributed by atoms with Gasteiger partial charge in [-0.1, -0.05) is 0 Å². The predicted octanol–water partition coefficient (Wildman–Crippen LogP) is 4.56. The summed E-state index contributed by atoms with van der Waals surface area (Å²) in [5, 5.41) is 27.0. The summed E-state index contributed by atoms with van der Waals surface area (Å²) in [6.45, 7) is 13.3. The highest BCUT2D eigenvalue weighted by molar-refractivity contribution is 6.28. The SMILES string of the molecule is CC1(C)C=C(C(=O)Oc2ccc3c(c2)C(=O)c2cc(OC(=O)C4=CC(C)(C)N([O])C4(C)C)ccc2C3=O)C(C)(C)N1[O]. The number of benzene rings is 2. The van der Waals surface area contributed by atoms with Crippen LogP contribution in [0.4, 0.5) is 0 Å². The van der Waals surface area contributed by atoms with Gasteiger partial charge in [-0.2, -0.15) is 0 Å². The second-order valence-electron chi connectivity index (χ2n) is 13.0. The Hall–Kier alpha value is -3.96. The van der Waals surface area contributed by atoms with Crippen molar-refractivity contribution < 1.29 is 39.1 Å². The van der Waals surface area contributed by atoms with Crippen molar-refractivity contribution in [3.63, 3.8) is 0 Å². The van der Waals surface area contributed by atoms with E-state index in [1.807, 2.05) is 0 Å². The second-order valence-corrected chi connectivity index (χ2v) is 13.0. The molecular weight excluding hydrogens is 540 g/mol. The van der Waals surface area contributed by atoms with Crippen LogP contribution >= 0.6 is 0 Å². The molecule has 5 rings (SSSR count). The van der Waals surface area contributed by atoms with E-state index in [0.29, 0.717) is 0 Å². The van der Waals surface area contributed by atoms with Crippen molar-refractivity contribution >= 4 is 23.5 Å². The number of carbonyl (C=O) groups excluding carboxylic acids is 4. The van der Waals surface area contributed by atoms with Gasteiger partial charge in [0.2, 0.25) is 0 Å². The van der Waals surface area contributed by atoms with E-state index in [1.54, 1.807) is 67.5 Å². The van der Waals surface area contributed by atoms with Gasteiger partial charge in [-0.3, -0.25) is 9.59 Å². The number of fused-ring (bicyclic) bond motifs is 2. The number of esters is 2. The number of hydrogen-bond donors (Lipinski definition) is 0. The summed E-state index contributed by atoms with van der Waals surface area (Å²) in [6, 6.07) is 8.30. The van der Waals surface area contributed by atoms with E-state index in [4.69, 9.17) is 9.47 Å². The van der Waals surface area contributed by atoms with Gasteiger partial charge in [0, 0.05) is 22.3 Å². The fourth-order valence-corrected chi connectivity index (χ4v) is 6.01. The van der Waals surface area contributed by atoms with E-state index in [1.165, 1.54) is 36.4 Å². The molecule has 0 saturated carbocycles. The molecule has 42 heavy (non-hydrogen) atoms. The Bertz CT molecular complexity index is 1530. The van der Waals surface area contributed by atoms with Gasteiger partial charge >= 0.3 is 11.9 Å². The van der Waals surface area contributed by atoms with Crippen LogP contribution in [0.3, 0.4) is 0 Å². The number of hydroxylamine groups is 4. The highest BCUT2D eigenvalue weighted by Gasteiger charge is 2.51. The van der Waals surface area contributed by atoms with Gasteiger partial charge in [0.15, 0.2) is 11.6 Å². The maximum atomic E-state index is 13.6. The maximum Gasteiger partial charge on any atom is 0.341 e. The summed E-state index contributed by atoms with van der Waals surface area (Å²) in [7, 11) is 0. The minimum atomic E-state index is -1.13. The van der Waals surface area contributed by atoms with Crippen LogP contribution in [0, 0.1) is 0 Å². The van der Waals surface area contributed by atoms with Gasteiger partial charge in [0.1, 0.15) is 11.5 Å². The van der Waals surface area contributed by atoms with E-state index < -0.39 is 45.7 Å². The van der Waals surface area contributed by atoms with Crippen LogP contribution in [-0.4, -0.2) is 55.8 Å². The molecule has 2 heterocycles. The van der Waals surface area contributed by atoms with Crippen molar-refractivity contribution in [1.82, 2.24) is 10.1 Å². The van der Waals surface area contributed by atoms with E-state index >= 15 is 0 Å². The average molecular weight is 573 g/mol. The van der Waals surface area contributed by atoms with E-state index in [9.17, 15) is 29.6 Å². The summed E-state index contributed by atoms with van der Waals surface area (Å²) >= 11 is 0. The summed E-state index contributed by atoms with van der Waals surface area (Å²) in [4.78, 5) is 52.9. The molecule has 0 bridgehead atoms. The first-order chi connectivity index (χ1) is 19.3. The van der Waals surface area contributed by atoms with Crippen molar-refractivity contribution in [3.05, 3.63) is 82.0 Å². The van der Waals surface area contributed by atoms with E-state index in [0.717, 1.165) is 10.1 Å². The molecule has 3 aliphatic rings. The molecule has 1 aliphatic carbocycles. The highest BCUT2D eigenvalue weighted by atomic mass is 16.5. The summed E-state index contributed by atoms with van der Waals surface area (Å²) in [6.07, 6.45) is 3.12. The monoisotopic (exact) mass is 572 g/mol. The Morgan fingerprint density at radius 3 is 1.21 bits per heavy atom. The lowest BCUT2D eigenvalue weighted by atomic mass is 9.84. The van der Waals surface area contributed by atoms with Crippen LogP contribution in [0.15, 0.2) is 59.7 Å². The zero-order valence-corrected chi connectivity index (χ0v) is 24.8. The van der Waals surface area contributed by atoms with Crippen molar-refractivity contribution in [2.75, 3.05) is 0 Å². The van der Waals surface area contributed by atoms with Crippen molar-refractivity contribution in [2.45, 2.75) is 77.5 Å². The van der Waals surface area contributed by atoms with Crippen molar-refractivity contribution in [2.24, 2.45) is 0 Å². The first-order valence-electron chi connectivity index (χ1n) is 13.5. The molecule has 10 heteroatoms. The Kier molecular flexibility index (Phi) is 6.52. The molecule has 0 unspecified atom stereocenters. The molecular formula is C32H32N2O8. The molecule has 0 N–H and O–H groups in total. The molecule has 0 amide bonds. The third-order valence-electron chi connectivity index (χ3n) is 8.20. The third kappa shape index (κ3) is 4.42. The van der Waals surface area contributed by atoms with Gasteiger partial charge in [0.05, 0.1) is 33.3 Å².